The van der Waals surface area contributed by atoms with Crippen LogP contribution in [0.3, 0.4) is 0 Å². The van der Waals surface area contributed by atoms with Crippen LogP contribution in [0.5, 0.6) is 0 Å². The van der Waals surface area contributed by atoms with Crippen LogP contribution in [0.4, 0.5) is 0 Å². The molecular formula is C14H21ClN2OS. The molecule has 0 unspecified atom stereocenters. The SMILES string of the molecule is CCSCc1ccc(C(=O)N2CCNCC2)cc1.Cl. The van der Waals surface area contributed by atoms with Gasteiger partial charge in [0.25, 0.3) is 5.91 Å². The van der Waals surface area contributed by atoms with Gasteiger partial charge in [-0.2, -0.15) is 11.8 Å². The van der Waals surface area contributed by atoms with Gasteiger partial charge >= 0.3 is 0 Å². The maximum absolute atomic E-state index is 12.2. The highest BCUT2D eigenvalue weighted by atomic mass is 35.5. The Bertz CT molecular complexity index is 391. The maximum Gasteiger partial charge on any atom is 0.253 e. The van der Waals surface area contributed by atoms with E-state index in [4.69, 9.17) is 0 Å². The third-order valence-corrected chi connectivity index (χ3v) is 4.02. The van der Waals surface area contributed by atoms with E-state index in [0.29, 0.717) is 0 Å². The summed E-state index contributed by atoms with van der Waals surface area (Å²) in [4.78, 5) is 14.1. The second kappa shape index (κ2) is 8.46. The lowest BCUT2D eigenvalue weighted by molar-refractivity contribution is 0.0736. The van der Waals surface area contributed by atoms with Gasteiger partial charge in [-0.3, -0.25) is 4.79 Å². The van der Waals surface area contributed by atoms with Crippen LogP contribution in [0.25, 0.3) is 0 Å². The van der Waals surface area contributed by atoms with Crippen molar-refractivity contribution in [3.63, 3.8) is 0 Å². The topological polar surface area (TPSA) is 32.3 Å². The second-order valence-corrected chi connectivity index (χ2v) is 5.65. The Labute approximate surface area is 125 Å². The van der Waals surface area contributed by atoms with E-state index in [2.05, 4.69) is 24.4 Å². The van der Waals surface area contributed by atoms with Crippen molar-refractivity contribution in [3.05, 3.63) is 35.4 Å². The number of carbonyl (C=O) groups is 1. The molecule has 1 fully saturated rings. The summed E-state index contributed by atoms with van der Waals surface area (Å²) in [6.45, 7) is 5.58. The van der Waals surface area contributed by atoms with E-state index < -0.39 is 0 Å². The third-order valence-electron chi connectivity index (χ3n) is 3.08. The van der Waals surface area contributed by atoms with Crippen molar-refractivity contribution in [2.75, 3.05) is 31.9 Å². The average molecular weight is 301 g/mol. The smallest absolute Gasteiger partial charge is 0.253 e. The summed E-state index contributed by atoms with van der Waals surface area (Å²) in [6.07, 6.45) is 0. The van der Waals surface area contributed by atoms with E-state index in [1.807, 2.05) is 28.8 Å². The van der Waals surface area contributed by atoms with Crippen LogP contribution in [0, 0.1) is 0 Å². The second-order valence-electron chi connectivity index (χ2n) is 4.38. The molecular weight excluding hydrogens is 280 g/mol. The van der Waals surface area contributed by atoms with Gasteiger partial charge in [0.05, 0.1) is 0 Å². The van der Waals surface area contributed by atoms with Crippen LogP contribution in [0.2, 0.25) is 0 Å². The molecule has 1 N–H and O–H groups in total. The monoisotopic (exact) mass is 300 g/mol. The zero-order valence-corrected chi connectivity index (χ0v) is 12.9. The number of nitrogens with zero attached hydrogens (tertiary/aromatic N) is 1. The number of carbonyl (C=O) groups excluding carboxylic acids is 1. The fourth-order valence-corrected chi connectivity index (χ4v) is 2.65. The molecule has 19 heavy (non-hydrogen) atoms. The quantitative estimate of drug-likeness (QED) is 0.927. The molecule has 0 radical (unpaired) electrons. The van der Waals surface area contributed by atoms with E-state index >= 15 is 0 Å². The summed E-state index contributed by atoms with van der Waals surface area (Å²) >= 11 is 1.90. The van der Waals surface area contributed by atoms with Crippen LogP contribution in [-0.4, -0.2) is 42.7 Å². The Kier molecular flexibility index (Phi) is 7.28. The zero-order chi connectivity index (χ0) is 12.8. The highest BCUT2D eigenvalue weighted by Crippen LogP contribution is 2.14. The fraction of sp³-hybridized carbons (Fsp3) is 0.500. The Morgan fingerprint density at radius 1 is 1.26 bits per heavy atom. The lowest BCUT2D eigenvalue weighted by atomic mass is 10.1. The zero-order valence-electron chi connectivity index (χ0n) is 11.2. The number of hydrogen-bond acceptors (Lipinski definition) is 3. The highest BCUT2D eigenvalue weighted by molar-refractivity contribution is 7.98. The first kappa shape index (κ1) is 16.3. The molecule has 1 aromatic carbocycles. The Balaban J connectivity index is 0.00000180. The summed E-state index contributed by atoms with van der Waals surface area (Å²) in [5.74, 6) is 2.31. The van der Waals surface area contributed by atoms with Gasteiger partial charge in [0.15, 0.2) is 0 Å². The lowest BCUT2D eigenvalue weighted by Crippen LogP contribution is -2.46. The molecule has 1 aliphatic rings. The predicted octanol–water partition coefficient (Wildman–Crippen LogP) is 2.41. The first-order chi connectivity index (χ1) is 8.81. The average Bonchev–Trinajstić information content (AvgIpc) is 2.46. The Morgan fingerprint density at radius 2 is 1.89 bits per heavy atom. The molecule has 1 aromatic rings. The van der Waals surface area contributed by atoms with Crippen molar-refractivity contribution in [2.45, 2.75) is 12.7 Å². The van der Waals surface area contributed by atoms with Crippen molar-refractivity contribution in [2.24, 2.45) is 0 Å². The molecule has 5 heteroatoms. The van der Waals surface area contributed by atoms with E-state index in [-0.39, 0.29) is 18.3 Å². The molecule has 1 heterocycles. The minimum Gasteiger partial charge on any atom is -0.336 e. The molecule has 0 saturated carbocycles. The summed E-state index contributed by atoms with van der Waals surface area (Å²) < 4.78 is 0. The minimum atomic E-state index is 0. The maximum atomic E-state index is 12.2. The molecule has 0 spiro atoms. The predicted molar refractivity (Wildman–Crippen MR) is 84.3 cm³/mol. The van der Waals surface area contributed by atoms with Crippen LogP contribution in [0.1, 0.15) is 22.8 Å². The van der Waals surface area contributed by atoms with Crippen molar-refractivity contribution in [3.8, 4) is 0 Å². The van der Waals surface area contributed by atoms with Gasteiger partial charge in [-0.1, -0.05) is 19.1 Å². The van der Waals surface area contributed by atoms with Crippen LogP contribution < -0.4 is 5.32 Å². The largest absolute Gasteiger partial charge is 0.336 e. The number of thioether (sulfide) groups is 1. The lowest BCUT2D eigenvalue weighted by Gasteiger charge is -2.27. The van der Waals surface area contributed by atoms with Gasteiger partial charge < -0.3 is 10.2 Å². The number of halogens is 1. The van der Waals surface area contributed by atoms with Gasteiger partial charge in [0.2, 0.25) is 0 Å². The number of benzene rings is 1. The summed E-state index contributed by atoms with van der Waals surface area (Å²) in [6, 6.07) is 8.04. The number of hydrogen-bond donors (Lipinski definition) is 1. The Hall–Kier alpha value is -0.710. The standard InChI is InChI=1S/C14H20N2OS.ClH/c1-2-18-11-12-3-5-13(6-4-12)14(17)16-9-7-15-8-10-16;/h3-6,15H,2,7-11H2,1H3;1H. The van der Waals surface area contributed by atoms with Crippen molar-refractivity contribution < 1.29 is 4.79 Å². The molecule has 2 rings (SSSR count). The summed E-state index contributed by atoms with van der Waals surface area (Å²) in [7, 11) is 0. The first-order valence-corrected chi connectivity index (χ1v) is 7.63. The van der Waals surface area contributed by atoms with Gasteiger partial charge in [-0.15, -0.1) is 12.4 Å². The summed E-state index contributed by atoms with van der Waals surface area (Å²) in [5, 5.41) is 3.26. The van der Waals surface area contributed by atoms with Gasteiger partial charge in [0.1, 0.15) is 0 Å². The fourth-order valence-electron chi connectivity index (χ4n) is 2.01. The summed E-state index contributed by atoms with van der Waals surface area (Å²) in [5.41, 5.74) is 2.10. The van der Waals surface area contributed by atoms with E-state index in [1.54, 1.807) is 0 Å². The van der Waals surface area contributed by atoms with Crippen molar-refractivity contribution in [1.82, 2.24) is 10.2 Å². The van der Waals surface area contributed by atoms with Gasteiger partial charge in [-0.25, -0.2) is 0 Å². The molecule has 3 nitrogen and oxygen atoms in total. The Morgan fingerprint density at radius 3 is 2.47 bits per heavy atom. The van der Waals surface area contributed by atoms with Crippen LogP contribution >= 0.6 is 24.2 Å². The molecule has 0 aliphatic carbocycles. The molecule has 1 aliphatic heterocycles. The van der Waals surface area contributed by atoms with Crippen molar-refractivity contribution in [1.29, 1.82) is 0 Å². The first-order valence-electron chi connectivity index (χ1n) is 6.48. The normalized spacial score (nSPS) is 14.9. The molecule has 106 valence electrons. The van der Waals surface area contributed by atoms with E-state index in [1.165, 1.54) is 5.56 Å². The van der Waals surface area contributed by atoms with Crippen LogP contribution in [0.15, 0.2) is 24.3 Å². The number of rotatable bonds is 4. The number of amides is 1. The third kappa shape index (κ3) is 4.71. The minimum absolute atomic E-state index is 0. The molecule has 1 saturated heterocycles. The molecule has 0 bridgehead atoms. The number of piperazine rings is 1. The molecule has 0 atom stereocenters. The van der Waals surface area contributed by atoms with Gasteiger partial charge in [0, 0.05) is 37.5 Å². The van der Waals surface area contributed by atoms with E-state index in [9.17, 15) is 4.79 Å². The number of nitrogens with one attached hydrogen (secondary N) is 1. The highest BCUT2D eigenvalue weighted by Gasteiger charge is 2.17. The van der Waals surface area contributed by atoms with Crippen molar-refractivity contribution >= 4 is 30.1 Å². The van der Waals surface area contributed by atoms with E-state index in [0.717, 1.165) is 43.2 Å². The molecule has 1 amide bonds. The van der Waals surface area contributed by atoms with Crippen LogP contribution in [-0.2, 0) is 5.75 Å². The molecule has 0 aromatic heterocycles. The van der Waals surface area contributed by atoms with Gasteiger partial charge in [-0.05, 0) is 23.4 Å².